The number of hydrogen-bond acceptors (Lipinski definition) is 5. The second-order valence-corrected chi connectivity index (χ2v) is 7.09. The molecule has 2 amide bonds. The van der Waals surface area contributed by atoms with Gasteiger partial charge in [-0.1, -0.05) is 19.3 Å². The fraction of sp³-hybridized carbons (Fsp3) is 0.625. The van der Waals surface area contributed by atoms with Crippen LogP contribution < -0.4 is 10.6 Å². The van der Waals surface area contributed by atoms with Crippen LogP contribution in [0.15, 0.2) is 5.38 Å². The molecule has 24 heavy (non-hydrogen) atoms. The van der Waals surface area contributed by atoms with Crippen molar-refractivity contribution < 1.29 is 19.5 Å². The van der Waals surface area contributed by atoms with Gasteiger partial charge in [0, 0.05) is 11.8 Å². The maximum Gasteiger partial charge on any atom is 0.355 e. The normalized spacial score (nSPS) is 16.4. The molecular formula is C16H23N3O4S. The highest BCUT2D eigenvalue weighted by atomic mass is 32.1. The van der Waals surface area contributed by atoms with Gasteiger partial charge in [-0.15, -0.1) is 11.3 Å². The van der Waals surface area contributed by atoms with Gasteiger partial charge in [0.25, 0.3) is 0 Å². The zero-order valence-electron chi connectivity index (χ0n) is 13.7. The maximum absolute atomic E-state index is 12.0. The zero-order chi connectivity index (χ0) is 17.5. The minimum atomic E-state index is -1.09. The number of carbonyl (C=O) groups excluding carboxylic acids is 2. The molecule has 1 unspecified atom stereocenters. The molecule has 8 heteroatoms. The Labute approximate surface area is 144 Å². The summed E-state index contributed by atoms with van der Waals surface area (Å²) >= 11 is 1.17. The van der Waals surface area contributed by atoms with Crippen LogP contribution in [0, 0.1) is 5.92 Å². The van der Waals surface area contributed by atoms with Gasteiger partial charge in [-0.2, -0.15) is 0 Å². The lowest BCUT2D eigenvalue weighted by atomic mass is 9.87. The summed E-state index contributed by atoms with van der Waals surface area (Å²) in [5, 5.41) is 16.1. The molecule has 132 valence electrons. The molecule has 0 saturated heterocycles. The molecule has 1 aliphatic carbocycles. The first kappa shape index (κ1) is 18.4. The van der Waals surface area contributed by atoms with E-state index in [1.807, 2.05) is 0 Å². The number of rotatable bonds is 7. The molecule has 1 aromatic heterocycles. The number of aromatic nitrogens is 1. The fourth-order valence-corrected chi connectivity index (χ4v) is 3.53. The fourth-order valence-electron chi connectivity index (χ4n) is 2.83. The Morgan fingerprint density at radius 3 is 2.67 bits per heavy atom. The number of nitrogens with zero attached hydrogens (tertiary/aromatic N) is 1. The molecule has 0 bridgehead atoms. The maximum atomic E-state index is 12.0. The van der Waals surface area contributed by atoms with Crippen LogP contribution >= 0.6 is 11.3 Å². The Kier molecular flexibility index (Phi) is 6.72. The van der Waals surface area contributed by atoms with Gasteiger partial charge in [0.2, 0.25) is 11.8 Å². The molecule has 1 heterocycles. The number of thiazole rings is 1. The molecule has 0 radical (unpaired) electrons. The van der Waals surface area contributed by atoms with Crippen LogP contribution in [-0.4, -0.2) is 33.9 Å². The van der Waals surface area contributed by atoms with Crippen LogP contribution in [0.1, 0.15) is 60.9 Å². The third-order valence-corrected chi connectivity index (χ3v) is 5.00. The van der Waals surface area contributed by atoms with Crippen LogP contribution in [0.3, 0.4) is 0 Å². The van der Waals surface area contributed by atoms with Crippen LogP contribution in [0.2, 0.25) is 0 Å². The van der Waals surface area contributed by atoms with E-state index in [0.29, 0.717) is 17.3 Å². The molecule has 1 fully saturated rings. The lowest BCUT2D eigenvalue weighted by molar-refractivity contribution is -0.129. The second-order valence-electron chi connectivity index (χ2n) is 6.15. The summed E-state index contributed by atoms with van der Waals surface area (Å²) in [6.45, 7) is 1.79. The summed E-state index contributed by atoms with van der Waals surface area (Å²) in [6.07, 6.45) is 6.26. The van der Waals surface area contributed by atoms with Crippen molar-refractivity contribution in [2.24, 2.45) is 5.92 Å². The van der Waals surface area contributed by atoms with Crippen molar-refractivity contribution in [1.29, 1.82) is 0 Å². The summed E-state index contributed by atoms with van der Waals surface area (Å²) in [4.78, 5) is 38.7. The molecule has 1 aliphatic rings. The van der Waals surface area contributed by atoms with E-state index < -0.39 is 12.0 Å². The minimum absolute atomic E-state index is 0.0296. The van der Waals surface area contributed by atoms with Gasteiger partial charge in [-0.05, 0) is 25.7 Å². The number of carboxylic acid groups (broad SMARTS) is 1. The Morgan fingerprint density at radius 1 is 1.33 bits per heavy atom. The predicted octanol–water partition coefficient (Wildman–Crippen LogP) is 1.93. The smallest absolute Gasteiger partial charge is 0.355 e. The SMILES string of the molecule is CC(NC(=O)CC1CCCCC1)C(=O)NCc1nc(C(=O)O)cs1. The highest BCUT2D eigenvalue weighted by Gasteiger charge is 2.20. The average Bonchev–Trinajstić information content (AvgIpc) is 3.02. The Bertz CT molecular complexity index is 596. The Morgan fingerprint density at radius 2 is 2.04 bits per heavy atom. The van der Waals surface area contributed by atoms with E-state index in [1.165, 1.54) is 36.0 Å². The zero-order valence-corrected chi connectivity index (χ0v) is 14.5. The van der Waals surface area contributed by atoms with Crippen LogP contribution in [0.5, 0.6) is 0 Å². The number of carbonyl (C=O) groups is 3. The van der Waals surface area contributed by atoms with E-state index in [-0.39, 0.29) is 24.1 Å². The van der Waals surface area contributed by atoms with Crippen molar-refractivity contribution in [1.82, 2.24) is 15.6 Å². The third kappa shape index (κ3) is 5.59. The van der Waals surface area contributed by atoms with E-state index in [9.17, 15) is 14.4 Å². The lowest BCUT2D eigenvalue weighted by Gasteiger charge is -2.22. The third-order valence-electron chi connectivity index (χ3n) is 4.15. The monoisotopic (exact) mass is 353 g/mol. The van der Waals surface area contributed by atoms with Crippen molar-refractivity contribution >= 4 is 29.1 Å². The molecule has 1 aromatic rings. The Hall–Kier alpha value is -1.96. The van der Waals surface area contributed by atoms with Gasteiger partial charge in [0.05, 0.1) is 6.54 Å². The first-order valence-electron chi connectivity index (χ1n) is 8.20. The molecule has 0 aromatic carbocycles. The van der Waals surface area contributed by atoms with E-state index in [0.717, 1.165) is 12.8 Å². The predicted molar refractivity (Wildman–Crippen MR) is 89.7 cm³/mol. The van der Waals surface area contributed by atoms with Crippen LogP contribution in [0.4, 0.5) is 0 Å². The first-order chi connectivity index (χ1) is 11.5. The van der Waals surface area contributed by atoms with E-state index in [2.05, 4.69) is 15.6 Å². The summed E-state index contributed by atoms with van der Waals surface area (Å²) in [6, 6.07) is -0.625. The lowest BCUT2D eigenvalue weighted by Crippen LogP contribution is -2.45. The van der Waals surface area contributed by atoms with E-state index in [1.54, 1.807) is 6.92 Å². The number of aromatic carboxylic acids is 1. The van der Waals surface area contributed by atoms with Crippen molar-refractivity contribution in [3.05, 3.63) is 16.1 Å². The van der Waals surface area contributed by atoms with Gasteiger partial charge >= 0.3 is 5.97 Å². The quantitative estimate of drug-likeness (QED) is 0.694. The highest BCUT2D eigenvalue weighted by molar-refractivity contribution is 7.09. The number of hydrogen-bond donors (Lipinski definition) is 3. The standard InChI is InChI=1S/C16H23N3O4S/c1-10(18-13(20)7-11-5-3-2-4-6-11)15(21)17-8-14-19-12(9-24-14)16(22)23/h9-11H,2-8H2,1H3,(H,17,21)(H,18,20)(H,22,23). The Balaban J connectivity index is 1.72. The van der Waals surface area contributed by atoms with Gasteiger partial charge in [-0.3, -0.25) is 9.59 Å². The number of nitrogens with one attached hydrogen (secondary N) is 2. The van der Waals surface area contributed by atoms with Gasteiger partial charge in [-0.25, -0.2) is 9.78 Å². The van der Waals surface area contributed by atoms with Crippen molar-refractivity contribution in [3.8, 4) is 0 Å². The molecule has 0 aliphatic heterocycles. The molecule has 0 spiro atoms. The molecule has 7 nitrogen and oxygen atoms in total. The summed E-state index contributed by atoms with van der Waals surface area (Å²) < 4.78 is 0. The van der Waals surface area contributed by atoms with Gasteiger partial charge < -0.3 is 15.7 Å². The second kappa shape index (κ2) is 8.77. The van der Waals surface area contributed by atoms with Crippen molar-refractivity contribution in [2.75, 3.05) is 0 Å². The largest absolute Gasteiger partial charge is 0.476 e. The van der Waals surface area contributed by atoms with Gasteiger partial charge in [0.1, 0.15) is 11.0 Å². The van der Waals surface area contributed by atoms with E-state index in [4.69, 9.17) is 5.11 Å². The number of amides is 2. The van der Waals surface area contributed by atoms with Gasteiger partial charge in [0.15, 0.2) is 5.69 Å². The summed E-state index contributed by atoms with van der Waals surface area (Å²) in [7, 11) is 0. The molecular weight excluding hydrogens is 330 g/mol. The molecule has 2 rings (SSSR count). The molecule has 1 saturated carbocycles. The topological polar surface area (TPSA) is 108 Å². The molecule has 1 atom stereocenters. The van der Waals surface area contributed by atoms with Crippen molar-refractivity contribution in [3.63, 3.8) is 0 Å². The van der Waals surface area contributed by atoms with E-state index >= 15 is 0 Å². The first-order valence-corrected chi connectivity index (χ1v) is 9.08. The van der Waals surface area contributed by atoms with Crippen molar-refractivity contribution in [2.45, 2.75) is 58.0 Å². The average molecular weight is 353 g/mol. The number of carboxylic acids is 1. The van der Waals surface area contributed by atoms with Crippen LogP contribution in [0.25, 0.3) is 0 Å². The van der Waals surface area contributed by atoms with Crippen LogP contribution in [-0.2, 0) is 16.1 Å². The molecule has 3 N–H and O–H groups in total. The summed E-state index contributed by atoms with van der Waals surface area (Å²) in [5.41, 5.74) is -0.0296. The minimum Gasteiger partial charge on any atom is -0.476 e. The highest BCUT2D eigenvalue weighted by Crippen LogP contribution is 2.26. The summed E-state index contributed by atoms with van der Waals surface area (Å²) in [5.74, 6) is -1.06.